The third-order valence-electron chi connectivity index (χ3n) is 6.86. The number of ether oxygens (including phenoxy) is 1. The molecular weight excluding hydrogens is 368 g/mol. The molecule has 0 aromatic carbocycles. The molecule has 0 atom stereocenters. The fourth-order valence-electron chi connectivity index (χ4n) is 5.13. The molecule has 2 amide bonds. The number of fused-ring (bicyclic) bond motifs is 1. The average Bonchev–Trinajstić information content (AvgIpc) is 3.04. The van der Waals surface area contributed by atoms with Gasteiger partial charge < -0.3 is 15.0 Å². The van der Waals surface area contributed by atoms with E-state index in [2.05, 4.69) is 15.3 Å². The van der Waals surface area contributed by atoms with Crippen molar-refractivity contribution in [2.24, 2.45) is 13.0 Å². The van der Waals surface area contributed by atoms with Crippen molar-refractivity contribution in [3.05, 3.63) is 17.0 Å². The molecular formula is C22H34N4O3. The maximum Gasteiger partial charge on any atom is 0.272 e. The minimum Gasteiger partial charge on any atom is -0.370 e. The van der Waals surface area contributed by atoms with Gasteiger partial charge in [-0.3, -0.25) is 14.3 Å². The highest BCUT2D eigenvalue weighted by molar-refractivity contribution is 5.94. The van der Waals surface area contributed by atoms with Crippen molar-refractivity contribution in [1.82, 2.24) is 20.0 Å². The van der Waals surface area contributed by atoms with Crippen LogP contribution in [0.5, 0.6) is 0 Å². The van der Waals surface area contributed by atoms with E-state index < -0.39 is 0 Å². The van der Waals surface area contributed by atoms with Crippen molar-refractivity contribution >= 4 is 11.8 Å². The topological polar surface area (TPSA) is 76.5 Å². The molecule has 2 aliphatic heterocycles. The van der Waals surface area contributed by atoms with Gasteiger partial charge in [0, 0.05) is 49.8 Å². The van der Waals surface area contributed by atoms with Crippen molar-refractivity contribution in [2.45, 2.75) is 83.5 Å². The summed E-state index contributed by atoms with van der Waals surface area (Å²) in [5.74, 6) is 0.448. The van der Waals surface area contributed by atoms with E-state index in [-0.39, 0.29) is 23.5 Å². The first-order valence-corrected chi connectivity index (χ1v) is 11.2. The van der Waals surface area contributed by atoms with Gasteiger partial charge in [0.05, 0.1) is 12.2 Å². The summed E-state index contributed by atoms with van der Waals surface area (Å²) in [5.41, 5.74) is 2.25. The molecule has 7 heteroatoms. The Morgan fingerprint density at radius 2 is 1.86 bits per heavy atom. The van der Waals surface area contributed by atoms with Gasteiger partial charge in [-0.1, -0.05) is 19.3 Å². The van der Waals surface area contributed by atoms with Gasteiger partial charge in [0.15, 0.2) is 5.69 Å². The van der Waals surface area contributed by atoms with Gasteiger partial charge in [-0.2, -0.15) is 5.10 Å². The SMILES string of the molecule is CC(C)NC(=O)c1nn(C)c2c1COC1(CCN(C(=O)C3CCCCC3)CC1)C2. The van der Waals surface area contributed by atoms with Crippen LogP contribution in [-0.2, 0) is 29.6 Å². The van der Waals surface area contributed by atoms with E-state index in [1.54, 1.807) is 0 Å². The number of rotatable bonds is 3. The van der Waals surface area contributed by atoms with Crippen LogP contribution in [0.2, 0.25) is 0 Å². The zero-order chi connectivity index (χ0) is 20.6. The van der Waals surface area contributed by atoms with Gasteiger partial charge in [-0.15, -0.1) is 0 Å². The number of aryl methyl sites for hydroxylation is 1. The molecule has 0 bridgehead atoms. The molecule has 3 aliphatic rings. The highest BCUT2D eigenvalue weighted by Gasteiger charge is 2.43. The van der Waals surface area contributed by atoms with E-state index in [0.29, 0.717) is 18.2 Å². The molecule has 1 saturated heterocycles. The van der Waals surface area contributed by atoms with Crippen molar-refractivity contribution in [3.8, 4) is 0 Å². The first-order valence-electron chi connectivity index (χ1n) is 11.2. The molecule has 1 saturated carbocycles. The Bertz CT molecular complexity index is 771. The Kier molecular flexibility index (Phi) is 5.69. The van der Waals surface area contributed by atoms with Crippen LogP contribution in [0.25, 0.3) is 0 Å². The number of hydrogen-bond donors (Lipinski definition) is 1. The van der Waals surface area contributed by atoms with E-state index in [9.17, 15) is 9.59 Å². The van der Waals surface area contributed by atoms with Crippen LogP contribution in [-0.4, -0.2) is 51.2 Å². The van der Waals surface area contributed by atoms with Crippen molar-refractivity contribution in [1.29, 1.82) is 0 Å². The lowest BCUT2D eigenvalue weighted by Crippen LogP contribution is -2.52. The second kappa shape index (κ2) is 8.09. The summed E-state index contributed by atoms with van der Waals surface area (Å²) in [5, 5.41) is 7.42. The fourth-order valence-corrected chi connectivity index (χ4v) is 5.13. The quantitative estimate of drug-likeness (QED) is 0.843. The monoisotopic (exact) mass is 402 g/mol. The smallest absolute Gasteiger partial charge is 0.272 e. The summed E-state index contributed by atoms with van der Waals surface area (Å²) in [6.07, 6.45) is 8.21. The Labute approximate surface area is 173 Å². The zero-order valence-electron chi connectivity index (χ0n) is 18.0. The van der Waals surface area contributed by atoms with Gasteiger partial charge in [0.1, 0.15) is 0 Å². The van der Waals surface area contributed by atoms with Gasteiger partial charge in [0.25, 0.3) is 5.91 Å². The Morgan fingerprint density at radius 1 is 1.17 bits per heavy atom. The van der Waals surface area contributed by atoms with Gasteiger partial charge >= 0.3 is 0 Å². The second-order valence-corrected chi connectivity index (χ2v) is 9.33. The van der Waals surface area contributed by atoms with Gasteiger partial charge in [-0.05, 0) is 39.5 Å². The maximum absolute atomic E-state index is 12.9. The van der Waals surface area contributed by atoms with Crippen LogP contribution in [0.15, 0.2) is 0 Å². The van der Waals surface area contributed by atoms with Crippen LogP contribution in [0.4, 0.5) is 0 Å². The van der Waals surface area contributed by atoms with E-state index in [1.807, 2.05) is 25.6 Å². The summed E-state index contributed by atoms with van der Waals surface area (Å²) >= 11 is 0. The third-order valence-corrected chi connectivity index (χ3v) is 6.86. The molecule has 2 fully saturated rings. The molecule has 1 aromatic heterocycles. The number of hydrogen-bond acceptors (Lipinski definition) is 4. The normalized spacial score (nSPS) is 22.0. The molecule has 0 radical (unpaired) electrons. The zero-order valence-corrected chi connectivity index (χ0v) is 18.0. The number of likely N-dealkylation sites (tertiary alicyclic amines) is 1. The molecule has 1 aliphatic carbocycles. The Hall–Kier alpha value is -1.89. The minimum atomic E-state index is -0.240. The van der Waals surface area contributed by atoms with Crippen molar-refractivity contribution < 1.29 is 14.3 Å². The van der Waals surface area contributed by atoms with Gasteiger partial charge in [-0.25, -0.2) is 0 Å². The second-order valence-electron chi connectivity index (χ2n) is 9.33. The van der Waals surface area contributed by atoms with Crippen molar-refractivity contribution in [3.63, 3.8) is 0 Å². The number of carbonyl (C=O) groups excluding carboxylic acids is 2. The summed E-state index contributed by atoms with van der Waals surface area (Å²) in [6, 6.07) is 0.0713. The van der Waals surface area contributed by atoms with Gasteiger partial charge in [0.2, 0.25) is 5.91 Å². The standard InChI is InChI=1S/C22H34N4O3/c1-15(2)23-20(27)19-17-14-29-22(13-18(17)25(3)24-19)9-11-26(12-10-22)21(28)16-7-5-4-6-8-16/h15-16H,4-14H2,1-3H3,(H,23,27). The summed E-state index contributed by atoms with van der Waals surface area (Å²) in [7, 11) is 1.91. The van der Waals surface area contributed by atoms with E-state index >= 15 is 0 Å². The fraction of sp³-hybridized carbons (Fsp3) is 0.773. The summed E-state index contributed by atoms with van der Waals surface area (Å²) in [4.78, 5) is 27.4. The number of piperidine rings is 1. The molecule has 3 heterocycles. The molecule has 1 N–H and O–H groups in total. The van der Waals surface area contributed by atoms with Crippen LogP contribution in [0, 0.1) is 5.92 Å². The summed E-state index contributed by atoms with van der Waals surface area (Å²) in [6.45, 7) is 5.84. The number of amides is 2. The molecule has 4 rings (SSSR count). The molecule has 29 heavy (non-hydrogen) atoms. The van der Waals surface area contributed by atoms with Crippen LogP contribution < -0.4 is 5.32 Å². The molecule has 1 aromatic rings. The highest BCUT2D eigenvalue weighted by atomic mass is 16.5. The third kappa shape index (κ3) is 4.06. The van der Waals surface area contributed by atoms with Crippen LogP contribution >= 0.6 is 0 Å². The highest BCUT2D eigenvalue weighted by Crippen LogP contribution is 2.38. The number of nitrogens with one attached hydrogen (secondary N) is 1. The van der Waals surface area contributed by atoms with E-state index in [1.165, 1.54) is 19.3 Å². The predicted octanol–water partition coefficient (Wildman–Crippen LogP) is 2.57. The molecule has 1 spiro atoms. The minimum absolute atomic E-state index is 0.0713. The number of aromatic nitrogens is 2. The maximum atomic E-state index is 12.9. The molecule has 160 valence electrons. The Balaban J connectivity index is 1.42. The molecule has 7 nitrogen and oxygen atoms in total. The largest absolute Gasteiger partial charge is 0.370 e. The summed E-state index contributed by atoms with van der Waals surface area (Å²) < 4.78 is 8.19. The number of carbonyl (C=O) groups is 2. The lowest BCUT2D eigenvalue weighted by Gasteiger charge is -2.44. The number of nitrogens with zero attached hydrogens (tertiary/aromatic N) is 3. The van der Waals surface area contributed by atoms with E-state index in [0.717, 1.165) is 56.5 Å². The first-order chi connectivity index (χ1) is 13.9. The Morgan fingerprint density at radius 3 is 2.52 bits per heavy atom. The molecule has 0 unspecified atom stereocenters. The van der Waals surface area contributed by atoms with E-state index in [4.69, 9.17) is 4.74 Å². The average molecular weight is 403 g/mol. The predicted molar refractivity (Wildman–Crippen MR) is 109 cm³/mol. The lowest BCUT2D eigenvalue weighted by molar-refractivity contribution is -0.146. The van der Waals surface area contributed by atoms with Crippen LogP contribution in [0.1, 0.15) is 80.5 Å². The van der Waals surface area contributed by atoms with Crippen molar-refractivity contribution in [2.75, 3.05) is 13.1 Å². The first kappa shape index (κ1) is 20.4. The van der Waals surface area contributed by atoms with Crippen LogP contribution in [0.3, 0.4) is 0 Å². The lowest BCUT2D eigenvalue weighted by atomic mass is 9.82.